The maximum atomic E-state index is 4.70. The van der Waals surface area contributed by atoms with Crippen LogP contribution >= 0.6 is 0 Å². The highest BCUT2D eigenvalue weighted by Crippen LogP contribution is 2.38. The molecule has 4 heteroatoms. The molecule has 26 heavy (non-hydrogen) atoms. The maximum Gasteiger partial charge on any atom is 0.156 e. The highest BCUT2D eigenvalue weighted by Gasteiger charge is 2.26. The molecule has 2 aromatic heterocycles. The number of nitrogens with zero attached hydrogens (tertiary/aromatic N) is 4. The molecule has 1 fully saturated rings. The van der Waals surface area contributed by atoms with E-state index in [-0.39, 0.29) is 0 Å². The molecule has 0 aliphatic heterocycles. The van der Waals surface area contributed by atoms with Gasteiger partial charge < -0.3 is 9.47 Å². The highest BCUT2D eigenvalue weighted by atomic mass is 15.2. The van der Waals surface area contributed by atoms with Crippen LogP contribution < -0.4 is 4.90 Å². The molecule has 4 rings (SSSR count). The third-order valence-electron chi connectivity index (χ3n) is 5.54. The molecule has 1 saturated carbocycles. The molecule has 4 nitrogen and oxygen atoms in total. The van der Waals surface area contributed by atoms with Crippen LogP contribution in [-0.4, -0.2) is 27.6 Å². The Hall–Kier alpha value is -2.36. The maximum absolute atomic E-state index is 4.70. The summed E-state index contributed by atoms with van der Waals surface area (Å²) in [5.74, 6) is 1.90. The first kappa shape index (κ1) is 17.1. The number of aromatic nitrogens is 3. The molecule has 0 saturated heterocycles. The van der Waals surface area contributed by atoms with E-state index < -0.39 is 0 Å². The third kappa shape index (κ3) is 2.87. The molecule has 1 aliphatic carbocycles. The van der Waals surface area contributed by atoms with Crippen molar-refractivity contribution in [3.05, 3.63) is 41.3 Å². The average Bonchev–Trinajstić information content (AvgIpc) is 3.35. The van der Waals surface area contributed by atoms with Gasteiger partial charge in [0.25, 0.3) is 0 Å². The van der Waals surface area contributed by atoms with E-state index in [1.807, 2.05) is 0 Å². The molecule has 1 aromatic carbocycles. The molecular formula is C22H28N4. The fourth-order valence-corrected chi connectivity index (χ4v) is 4.21. The van der Waals surface area contributed by atoms with Crippen molar-refractivity contribution in [2.24, 2.45) is 13.0 Å². The minimum atomic E-state index is 0.835. The number of rotatable bonds is 5. The number of anilines is 1. The lowest BCUT2D eigenvalue weighted by Crippen LogP contribution is -2.26. The Balaban J connectivity index is 1.90. The summed E-state index contributed by atoms with van der Waals surface area (Å²) in [5, 5.41) is 0. The van der Waals surface area contributed by atoms with Gasteiger partial charge in [0.1, 0.15) is 17.4 Å². The Bertz CT molecular complexity index is 943. The number of hydrogen-bond donors (Lipinski definition) is 0. The molecular weight excluding hydrogens is 320 g/mol. The first-order valence-electron chi connectivity index (χ1n) is 9.62. The van der Waals surface area contributed by atoms with Crippen LogP contribution in [0.4, 0.5) is 5.82 Å². The molecule has 0 bridgehead atoms. The smallest absolute Gasteiger partial charge is 0.156 e. The average molecular weight is 348 g/mol. The molecule has 136 valence electrons. The van der Waals surface area contributed by atoms with Crippen molar-refractivity contribution >= 4 is 16.9 Å². The van der Waals surface area contributed by atoms with Crippen LogP contribution in [0.15, 0.2) is 24.7 Å². The molecule has 3 aromatic rings. The van der Waals surface area contributed by atoms with E-state index >= 15 is 0 Å². The molecule has 1 aliphatic rings. The number of fused-ring (bicyclic) bond motifs is 1. The Morgan fingerprint density at radius 2 is 1.81 bits per heavy atom. The van der Waals surface area contributed by atoms with Crippen molar-refractivity contribution in [2.75, 3.05) is 18.0 Å². The van der Waals surface area contributed by atoms with E-state index in [9.17, 15) is 0 Å². The fraction of sp³-hybridized carbons (Fsp3) is 0.455. The highest BCUT2D eigenvalue weighted by molar-refractivity contribution is 5.99. The van der Waals surface area contributed by atoms with Crippen molar-refractivity contribution in [3.63, 3.8) is 0 Å². The predicted molar refractivity (Wildman–Crippen MR) is 109 cm³/mol. The topological polar surface area (TPSA) is 34.0 Å². The summed E-state index contributed by atoms with van der Waals surface area (Å²) in [6.45, 7) is 10.8. The summed E-state index contributed by atoms with van der Waals surface area (Å²) in [7, 11) is 2.11. The summed E-state index contributed by atoms with van der Waals surface area (Å²) in [6, 6.07) is 4.52. The number of benzene rings is 1. The van der Waals surface area contributed by atoms with Crippen molar-refractivity contribution in [3.8, 4) is 11.1 Å². The zero-order valence-electron chi connectivity index (χ0n) is 16.5. The van der Waals surface area contributed by atoms with Crippen molar-refractivity contribution in [1.29, 1.82) is 0 Å². The predicted octanol–water partition coefficient (Wildman–Crippen LogP) is 4.80. The lowest BCUT2D eigenvalue weighted by molar-refractivity contribution is 0.731. The SMILES string of the molecule is CCN(CC1CC1)c1ncnc2c(-c3c(C)cc(C)cc3C)cn(C)c12. The number of hydrogen-bond acceptors (Lipinski definition) is 3. The van der Waals surface area contributed by atoms with E-state index in [4.69, 9.17) is 4.98 Å². The molecule has 0 radical (unpaired) electrons. The van der Waals surface area contributed by atoms with Crippen LogP contribution in [0.3, 0.4) is 0 Å². The van der Waals surface area contributed by atoms with Gasteiger partial charge in [0, 0.05) is 31.9 Å². The molecule has 2 heterocycles. The zero-order chi connectivity index (χ0) is 18.4. The largest absolute Gasteiger partial charge is 0.355 e. The molecule has 0 atom stereocenters. The van der Waals surface area contributed by atoms with E-state index in [2.05, 4.69) is 67.5 Å². The summed E-state index contributed by atoms with van der Waals surface area (Å²) in [4.78, 5) is 11.8. The lowest BCUT2D eigenvalue weighted by Gasteiger charge is -2.22. The van der Waals surface area contributed by atoms with Gasteiger partial charge in [0.2, 0.25) is 0 Å². The molecule has 0 spiro atoms. The molecule has 0 unspecified atom stereocenters. The molecule has 0 N–H and O–H groups in total. The summed E-state index contributed by atoms with van der Waals surface area (Å²) < 4.78 is 2.20. The number of aryl methyl sites for hydroxylation is 4. The minimum absolute atomic E-state index is 0.835. The van der Waals surface area contributed by atoms with Gasteiger partial charge in [-0.05, 0) is 63.1 Å². The van der Waals surface area contributed by atoms with Gasteiger partial charge in [-0.2, -0.15) is 0 Å². The van der Waals surface area contributed by atoms with Crippen molar-refractivity contribution in [2.45, 2.75) is 40.5 Å². The molecule has 0 amide bonds. The van der Waals surface area contributed by atoms with Crippen LogP contribution in [-0.2, 0) is 7.05 Å². The lowest BCUT2D eigenvalue weighted by atomic mass is 9.95. The van der Waals surface area contributed by atoms with E-state index in [0.29, 0.717) is 0 Å². The van der Waals surface area contributed by atoms with Crippen LogP contribution in [0.5, 0.6) is 0 Å². The summed E-state index contributed by atoms with van der Waals surface area (Å²) >= 11 is 0. The van der Waals surface area contributed by atoms with Gasteiger partial charge in [-0.25, -0.2) is 9.97 Å². The van der Waals surface area contributed by atoms with Crippen LogP contribution in [0.25, 0.3) is 22.2 Å². The standard InChI is InChI=1S/C22H28N4/c1-6-26(11-17-7-8-17)22-21-20(23-13-24-22)18(12-25(21)5)19-15(3)9-14(2)10-16(19)4/h9-10,12-13,17H,6-8,11H2,1-5H3. The van der Waals surface area contributed by atoms with Crippen molar-refractivity contribution < 1.29 is 0 Å². The summed E-state index contributed by atoms with van der Waals surface area (Å²) in [6.07, 6.45) is 6.66. The Morgan fingerprint density at radius 1 is 1.12 bits per heavy atom. The van der Waals surface area contributed by atoms with Gasteiger partial charge >= 0.3 is 0 Å². The van der Waals surface area contributed by atoms with E-state index in [1.165, 1.54) is 40.7 Å². The third-order valence-corrected chi connectivity index (χ3v) is 5.54. The first-order valence-corrected chi connectivity index (χ1v) is 9.62. The van der Waals surface area contributed by atoms with E-state index in [1.54, 1.807) is 6.33 Å². The van der Waals surface area contributed by atoms with Gasteiger partial charge in [-0.15, -0.1) is 0 Å². The van der Waals surface area contributed by atoms with Crippen LogP contribution in [0.2, 0.25) is 0 Å². The van der Waals surface area contributed by atoms with Crippen molar-refractivity contribution in [1.82, 2.24) is 14.5 Å². The Labute approximate surface area is 155 Å². The normalized spacial score (nSPS) is 14.2. The monoisotopic (exact) mass is 348 g/mol. The minimum Gasteiger partial charge on any atom is -0.355 e. The first-order chi connectivity index (χ1) is 12.5. The Morgan fingerprint density at radius 3 is 2.42 bits per heavy atom. The Kier molecular flexibility index (Phi) is 4.22. The second kappa shape index (κ2) is 6.42. The van der Waals surface area contributed by atoms with Gasteiger partial charge in [0.05, 0.1) is 0 Å². The quantitative estimate of drug-likeness (QED) is 0.664. The van der Waals surface area contributed by atoms with Gasteiger partial charge in [0.15, 0.2) is 5.82 Å². The second-order valence-corrected chi connectivity index (χ2v) is 7.80. The zero-order valence-corrected chi connectivity index (χ0v) is 16.5. The van der Waals surface area contributed by atoms with Crippen LogP contribution in [0.1, 0.15) is 36.5 Å². The fourth-order valence-electron chi connectivity index (χ4n) is 4.21. The van der Waals surface area contributed by atoms with Gasteiger partial charge in [-0.3, -0.25) is 0 Å². The second-order valence-electron chi connectivity index (χ2n) is 7.80. The van der Waals surface area contributed by atoms with E-state index in [0.717, 1.165) is 35.9 Å². The van der Waals surface area contributed by atoms with Gasteiger partial charge in [-0.1, -0.05) is 17.7 Å². The van der Waals surface area contributed by atoms with Crippen LogP contribution in [0, 0.1) is 26.7 Å². The summed E-state index contributed by atoms with van der Waals surface area (Å²) in [5.41, 5.74) is 8.63.